The number of hydrogen-bond donors (Lipinski definition) is 0. The molecule has 6 rings (SSSR count). The van der Waals surface area contributed by atoms with Crippen LogP contribution in [-0.4, -0.2) is 89.9 Å². The number of halogens is 1. The fourth-order valence-electron chi connectivity index (χ4n) is 5.37. The van der Waals surface area contributed by atoms with Crippen molar-refractivity contribution in [2.45, 2.75) is 25.4 Å². The Balaban J connectivity index is 1.17. The van der Waals surface area contributed by atoms with Crippen LogP contribution in [0.3, 0.4) is 0 Å². The highest BCUT2D eigenvalue weighted by Crippen LogP contribution is 2.41. The number of anilines is 2. The van der Waals surface area contributed by atoms with Crippen molar-refractivity contribution in [1.29, 1.82) is 0 Å². The maximum absolute atomic E-state index is 14.2. The van der Waals surface area contributed by atoms with E-state index in [1.807, 2.05) is 16.8 Å². The maximum Gasteiger partial charge on any atom is 0.260 e. The predicted molar refractivity (Wildman–Crippen MR) is 137 cm³/mol. The van der Waals surface area contributed by atoms with Gasteiger partial charge in [0.05, 0.1) is 11.2 Å². The van der Waals surface area contributed by atoms with Crippen LogP contribution in [0.25, 0.3) is 16.6 Å². The van der Waals surface area contributed by atoms with E-state index in [0.717, 1.165) is 49.5 Å². The summed E-state index contributed by atoms with van der Waals surface area (Å²) >= 11 is 0. The third kappa shape index (κ3) is 4.24. The summed E-state index contributed by atoms with van der Waals surface area (Å²) in [6.07, 6.45) is 4.65. The Kier molecular flexibility index (Phi) is 5.63. The number of benzene rings is 1. The van der Waals surface area contributed by atoms with E-state index >= 15 is 0 Å². The van der Waals surface area contributed by atoms with Gasteiger partial charge in [-0.3, -0.25) is 4.79 Å². The van der Waals surface area contributed by atoms with Crippen LogP contribution in [0.2, 0.25) is 0 Å². The smallest absolute Gasteiger partial charge is 0.260 e. The number of hydrogen-bond acceptors (Lipinski definition) is 5. The minimum absolute atomic E-state index is 0.322. The molecule has 0 N–H and O–H groups in total. The van der Waals surface area contributed by atoms with Crippen molar-refractivity contribution < 1.29 is 9.18 Å². The van der Waals surface area contributed by atoms with Gasteiger partial charge in [0.15, 0.2) is 5.67 Å². The molecule has 7 nitrogen and oxygen atoms in total. The molecule has 8 heteroatoms. The second-order valence-electron chi connectivity index (χ2n) is 9.99. The van der Waals surface area contributed by atoms with Gasteiger partial charge in [0.2, 0.25) is 0 Å². The average molecular weight is 477 g/mol. The van der Waals surface area contributed by atoms with Gasteiger partial charge in [-0.1, -0.05) is 19.1 Å². The summed E-state index contributed by atoms with van der Waals surface area (Å²) in [7, 11) is 0. The summed E-state index contributed by atoms with van der Waals surface area (Å²) < 4.78 is 16.1. The zero-order chi connectivity index (χ0) is 24.0. The third-order valence-corrected chi connectivity index (χ3v) is 7.85. The first-order valence-corrected chi connectivity index (χ1v) is 12.8. The van der Waals surface area contributed by atoms with Crippen molar-refractivity contribution in [2.24, 2.45) is 0 Å². The lowest BCUT2D eigenvalue weighted by Gasteiger charge is -2.36. The molecule has 1 saturated carbocycles. The van der Waals surface area contributed by atoms with E-state index in [1.165, 1.54) is 11.3 Å². The molecule has 0 spiro atoms. The third-order valence-electron chi connectivity index (χ3n) is 7.85. The van der Waals surface area contributed by atoms with E-state index in [-0.39, 0.29) is 5.91 Å². The van der Waals surface area contributed by atoms with Gasteiger partial charge in [0.25, 0.3) is 5.91 Å². The van der Waals surface area contributed by atoms with Gasteiger partial charge in [-0.25, -0.2) is 8.91 Å². The van der Waals surface area contributed by atoms with Crippen molar-refractivity contribution >= 4 is 22.8 Å². The lowest BCUT2D eigenvalue weighted by atomic mass is 10.1. The summed E-state index contributed by atoms with van der Waals surface area (Å²) in [5.41, 5.74) is 4.15. The molecule has 0 bridgehead atoms. The van der Waals surface area contributed by atoms with Gasteiger partial charge in [0, 0.05) is 76.0 Å². The number of carbonyl (C=O) groups is 1. The lowest BCUT2D eigenvalue weighted by molar-refractivity contribution is -0.138. The highest BCUT2D eigenvalue weighted by molar-refractivity contribution is 5.88. The largest absolute Gasteiger partial charge is 0.369 e. The first kappa shape index (κ1) is 22.3. The van der Waals surface area contributed by atoms with Gasteiger partial charge >= 0.3 is 0 Å². The highest BCUT2D eigenvalue weighted by Gasteiger charge is 2.53. The molecule has 2 aromatic heterocycles. The minimum atomic E-state index is -1.58. The number of aromatic nitrogens is 2. The number of piperazine rings is 2. The van der Waals surface area contributed by atoms with E-state index < -0.39 is 5.67 Å². The van der Waals surface area contributed by atoms with Gasteiger partial charge in [-0.2, -0.15) is 5.10 Å². The standard InChI is InChI=1S/C27H33FN6O/c1-2-30-11-13-31(14-12-30)23-5-3-21(4-6-23)22-19-25-24(7-10-29-34(25)20-22)32-15-17-33(18-16-32)26(35)27(28)8-9-27/h3-7,10,19-20H,2,8-9,11-18H2,1H3. The number of carbonyl (C=O) groups excluding carboxylic acids is 1. The minimum Gasteiger partial charge on any atom is -0.369 e. The Hall–Kier alpha value is -3.13. The average Bonchev–Trinajstić information content (AvgIpc) is 3.51. The summed E-state index contributed by atoms with van der Waals surface area (Å²) in [6.45, 7) is 10.2. The molecule has 1 amide bonds. The van der Waals surface area contributed by atoms with E-state index in [0.29, 0.717) is 39.0 Å². The molecule has 0 atom stereocenters. The molecule has 4 heterocycles. The molecule has 3 aliphatic rings. The van der Waals surface area contributed by atoms with E-state index in [1.54, 1.807) is 4.90 Å². The second-order valence-corrected chi connectivity index (χ2v) is 9.99. The van der Waals surface area contributed by atoms with Gasteiger partial charge in [-0.15, -0.1) is 0 Å². The Bertz CT molecular complexity index is 1200. The normalized spacial score (nSPS) is 20.5. The molecule has 0 radical (unpaired) electrons. The zero-order valence-corrected chi connectivity index (χ0v) is 20.4. The van der Waals surface area contributed by atoms with Crippen LogP contribution >= 0.6 is 0 Å². The molecule has 2 aliphatic heterocycles. The number of likely N-dealkylation sites (N-methyl/N-ethyl adjacent to an activating group) is 1. The molecule has 3 aromatic rings. The lowest BCUT2D eigenvalue weighted by Crippen LogP contribution is -2.51. The van der Waals surface area contributed by atoms with Crippen LogP contribution < -0.4 is 9.80 Å². The van der Waals surface area contributed by atoms with E-state index in [2.05, 4.69) is 63.3 Å². The maximum atomic E-state index is 14.2. The van der Waals surface area contributed by atoms with E-state index in [9.17, 15) is 9.18 Å². The van der Waals surface area contributed by atoms with Crippen molar-refractivity contribution in [3.05, 3.63) is 48.8 Å². The van der Waals surface area contributed by atoms with E-state index in [4.69, 9.17) is 0 Å². The van der Waals surface area contributed by atoms with Crippen LogP contribution in [0.1, 0.15) is 19.8 Å². The number of nitrogens with zero attached hydrogens (tertiary/aromatic N) is 6. The Morgan fingerprint density at radius 2 is 1.60 bits per heavy atom. The van der Waals surface area contributed by atoms with Crippen LogP contribution in [0.4, 0.5) is 15.8 Å². The Morgan fingerprint density at radius 3 is 2.26 bits per heavy atom. The summed E-state index contributed by atoms with van der Waals surface area (Å²) in [6, 6.07) is 13.1. The van der Waals surface area contributed by atoms with Crippen molar-refractivity contribution in [1.82, 2.24) is 19.4 Å². The van der Waals surface area contributed by atoms with Gasteiger partial charge in [-0.05, 0) is 49.2 Å². The van der Waals surface area contributed by atoms with Crippen LogP contribution in [0.5, 0.6) is 0 Å². The van der Waals surface area contributed by atoms with Crippen LogP contribution in [0, 0.1) is 0 Å². The molecule has 184 valence electrons. The fraction of sp³-hybridized carbons (Fsp3) is 0.481. The molecular formula is C27H33FN6O. The SMILES string of the molecule is CCN1CCN(c2ccc(-c3cc4c(N5CCN(C(=O)C6(F)CC6)CC5)ccnn4c3)cc2)CC1. The van der Waals surface area contributed by atoms with Crippen LogP contribution in [-0.2, 0) is 4.79 Å². The fourth-order valence-corrected chi connectivity index (χ4v) is 5.37. The van der Waals surface area contributed by atoms with Gasteiger partial charge < -0.3 is 19.6 Å². The zero-order valence-electron chi connectivity index (χ0n) is 20.4. The Labute approximate surface area is 205 Å². The van der Waals surface area contributed by atoms with Gasteiger partial charge in [0.1, 0.15) is 0 Å². The Morgan fingerprint density at radius 1 is 0.914 bits per heavy atom. The van der Waals surface area contributed by atoms with Crippen LogP contribution in [0.15, 0.2) is 48.8 Å². The molecule has 1 aliphatic carbocycles. The molecule has 1 aromatic carbocycles. The van der Waals surface area contributed by atoms with Crippen molar-refractivity contribution in [2.75, 3.05) is 68.7 Å². The molecular weight excluding hydrogens is 443 g/mol. The quantitative estimate of drug-likeness (QED) is 0.566. The number of alkyl halides is 1. The molecule has 35 heavy (non-hydrogen) atoms. The predicted octanol–water partition coefficient (Wildman–Crippen LogP) is 3.29. The summed E-state index contributed by atoms with van der Waals surface area (Å²) in [4.78, 5) is 21.3. The van der Waals surface area contributed by atoms with Crippen molar-refractivity contribution in [3.8, 4) is 11.1 Å². The summed E-state index contributed by atoms with van der Waals surface area (Å²) in [5.74, 6) is -0.322. The molecule has 0 unspecified atom stereocenters. The molecule has 3 fully saturated rings. The summed E-state index contributed by atoms with van der Waals surface area (Å²) in [5, 5.41) is 4.54. The first-order chi connectivity index (χ1) is 17.0. The monoisotopic (exact) mass is 476 g/mol. The molecule has 2 saturated heterocycles. The highest BCUT2D eigenvalue weighted by atomic mass is 19.1. The number of amides is 1. The second kappa shape index (κ2) is 8.82. The topological polar surface area (TPSA) is 47.3 Å². The van der Waals surface area contributed by atoms with Crippen molar-refractivity contribution in [3.63, 3.8) is 0 Å². The number of fused-ring (bicyclic) bond motifs is 1. The first-order valence-electron chi connectivity index (χ1n) is 12.8. The number of rotatable bonds is 5.